The number of thiophene rings is 1. The maximum Gasteiger partial charge on any atom is 0.261 e. The minimum Gasteiger partial charge on any atom is -0.343 e. The van der Waals surface area contributed by atoms with Crippen LogP contribution in [0.4, 0.5) is 8.78 Å². The van der Waals surface area contributed by atoms with Crippen LogP contribution in [0, 0.1) is 17.6 Å². The van der Waals surface area contributed by atoms with Gasteiger partial charge < -0.3 is 5.32 Å². The number of amides is 1. The lowest BCUT2D eigenvalue weighted by Gasteiger charge is -2.36. The standard InChI is InChI=1S/C23H23F2N3OS/c24-18-7-6-16(14-19(18)25)15-28-11-8-17(9-12-28)22(20-4-1-2-10-26-20)27-23(29)21-5-3-13-30-21/h1-7,10,13-14,17,22H,8-9,11-12,15H2,(H,27,29)/t22-/m0/s1. The van der Waals surface area contributed by atoms with Crippen LogP contribution in [-0.2, 0) is 6.54 Å². The molecule has 3 heterocycles. The third kappa shape index (κ3) is 4.91. The third-order valence-corrected chi connectivity index (χ3v) is 6.40. The number of nitrogens with one attached hydrogen (secondary N) is 1. The highest BCUT2D eigenvalue weighted by Gasteiger charge is 2.30. The molecule has 7 heteroatoms. The Morgan fingerprint density at radius 2 is 1.97 bits per heavy atom. The molecule has 0 unspecified atom stereocenters. The first-order chi connectivity index (χ1) is 14.6. The van der Waals surface area contributed by atoms with Crippen LogP contribution in [0.25, 0.3) is 0 Å². The smallest absolute Gasteiger partial charge is 0.261 e. The first kappa shape index (κ1) is 20.6. The summed E-state index contributed by atoms with van der Waals surface area (Å²) in [6.07, 6.45) is 3.52. The van der Waals surface area contributed by atoms with Crippen molar-refractivity contribution in [2.24, 2.45) is 5.92 Å². The number of pyridine rings is 1. The fraction of sp³-hybridized carbons (Fsp3) is 0.304. The van der Waals surface area contributed by atoms with Crippen LogP contribution >= 0.6 is 11.3 Å². The molecule has 156 valence electrons. The van der Waals surface area contributed by atoms with Gasteiger partial charge in [0.05, 0.1) is 16.6 Å². The Labute approximate surface area is 178 Å². The quantitative estimate of drug-likeness (QED) is 0.614. The van der Waals surface area contributed by atoms with Crippen molar-refractivity contribution in [3.05, 3.63) is 87.9 Å². The Kier molecular flexibility index (Phi) is 6.50. The van der Waals surface area contributed by atoms with E-state index in [2.05, 4.69) is 15.2 Å². The molecular weight excluding hydrogens is 404 g/mol. The molecule has 1 aromatic carbocycles. The second kappa shape index (κ2) is 9.45. The SMILES string of the molecule is O=C(N[C@H](c1ccccn1)C1CCN(Cc2ccc(F)c(F)c2)CC1)c1cccs1. The highest BCUT2D eigenvalue weighted by molar-refractivity contribution is 7.12. The molecule has 3 aromatic rings. The molecule has 1 saturated heterocycles. The van der Waals surface area contributed by atoms with Crippen LogP contribution in [0.1, 0.15) is 39.8 Å². The Morgan fingerprint density at radius 1 is 1.13 bits per heavy atom. The number of aromatic nitrogens is 1. The number of piperidine rings is 1. The predicted molar refractivity (Wildman–Crippen MR) is 113 cm³/mol. The summed E-state index contributed by atoms with van der Waals surface area (Å²) in [4.78, 5) is 20.1. The second-order valence-corrected chi connectivity index (χ2v) is 8.49. The van der Waals surface area contributed by atoms with Gasteiger partial charge in [-0.15, -0.1) is 11.3 Å². The van der Waals surface area contributed by atoms with Crippen molar-refractivity contribution in [1.82, 2.24) is 15.2 Å². The second-order valence-electron chi connectivity index (χ2n) is 7.55. The normalized spacial score (nSPS) is 16.3. The molecule has 4 rings (SSSR count). The van der Waals surface area contributed by atoms with E-state index in [4.69, 9.17) is 0 Å². The van der Waals surface area contributed by atoms with E-state index in [-0.39, 0.29) is 17.9 Å². The van der Waals surface area contributed by atoms with Gasteiger partial charge in [-0.2, -0.15) is 0 Å². The Hall–Kier alpha value is -2.64. The van der Waals surface area contributed by atoms with Gasteiger partial charge in [-0.25, -0.2) is 8.78 Å². The molecule has 2 aromatic heterocycles. The van der Waals surface area contributed by atoms with Gasteiger partial charge in [-0.1, -0.05) is 18.2 Å². The molecule has 4 nitrogen and oxygen atoms in total. The summed E-state index contributed by atoms with van der Waals surface area (Å²) in [7, 11) is 0. The molecule has 30 heavy (non-hydrogen) atoms. The minimum absolute atomic E-state index is 0.0788. The average Bonchev–Trinajstić information content (AvgIpc) is 3.31. The summed E-state index contributed by atoms with van der Waals surface area (Å²) in [5.41, 5.74) is 1.63. The van der Waals surface area contributed by atoms with Crippen molar-refractivity contribution in [3.63, 3.8) is 0 Å². The van der Waals surface area contributed by atoms with Crippen molar-refractivity contribution >= 4 is 17.2 Å². The fourth-order valence-corrected chi connectivity index (χ4v) is 4.58. The highest BCUT2D eigenvalue weighted by atomic mass is 32.1. The number of carbonyl (C=O) groups is 1. The molecule has 1 aliphatic heterocycles. The van der Waals surface area contributed by atoms with Crippen LogP contribution in [0.2, 0.25) is 0 Å². The number of hydrogen-bond acceptors (Lipinski definition) is 4. The van der Waals surface area contributed by atoms with Crippen molar-refractivity contribution in [1.29, 1.82) is 0 Å². The van der Waals surface area contributed by atoms with E-state index in [9.17, 15) is 13.6 Å². The van der Waals surface area contributed by atoms with Gasteiger partial charge in [0.2, 0.25) is 0 Å². The molecule has 1 aliphatic rings. The minimum atomic E-state index is -0.822. The Bertz CT molecular complexity index is 973. The molecule has 0 bridgehead atoms. The summed E-state index contributed by atoms with van der Waals surface area (Å²) in [5.74, 6) is -1.46. The Morgan fingerprint density at radius 3 is 2.63 bits per heavy atom. The van der Waals surface area contributed by atoms with Crippen LogP contribution in [-0.4, -0.2) is 28.9 Å². The summed E-state index contributed by atoms with van der Waals surface area (Å²) in [6, 6.07) is 13.3. The van der Waals surface area contributed by atoms with Crippen molar-refractivity contribution in [3.8, 4) is 0 Å². The zero-order valence-electron chi connectivity index (χ0n) is 16.4. The van der Waals surface area contributed by atoms with E-state index in [0.717, 1.165) is 37.2 Å². The summed E-state index contributed by atoms with van der Waals surface area (Å²) in [6.45, 7) is 2.23. The number of benzene rings is 1. The Balaban J connectivity index is 1.42. The lowest BCUT2D eigenvalue weighted by Crippen LogP contribution is -2.40. The lowest BCUT2D eigenvalue weighted by molar-refractivity contribution is 0.0892. The number of nitrogens with zero attached hydrogens (tertiary/aromatic N) is 2. The van der Waals surface area contributed by atoms with Crippen LogP contribution in [0.5, 0.6) is 0 Å². The van der Waals surface area contributed by atoms with Crippen molar-refractivity contribution in [2.75, 3.05) is 13.1 Å². The molecule has 1 N–H and O–H groups in total. The molecule has 0 radical (unpaired) electrons. The van der Waals surface area contributed by atoms with E-state index in [0.29, 0.717) is 11.4 Å². The fourth-order valence-electron chi connectivity index (χ4n) is 3.95. The topological polar surface area (TPSA) is 45.2 Å². The molecule has 1 atom stereocenters. The maximum absolute atomic E-state index is 13.5. The van der Waals surface area contributed by atoms with Crippen molar-refractivity contribution in [2.45, 2.75) is 25.4 Å². The van der Waals surface area contributed by atoms with E-state index in [1.165, 1.54) is 23.5 Å². The molecule has 0 aliphatic carbocycles. The summed E-state index contributed by atoms with van der Waals surface area (Å²) in [5, 5.41) is 5.07. The van der Waals surface area contributed by atoms with Crippen LogP contribution in [0.3, 0.4) is 0 Å². The van der Waals surface area contributed by atoms with E-state index < -0.39 is 11.6 Å². The monoisotopic (exact) mass is 427 g/mol. The highest BCUT2D eigenvalue weighted by Crippen LogP contribution is 2.31. The first-order valence-electron chi connectivity index (χ1n) is 10.0. The van der Waals surface area contributed by atoms with Gasteiger partial charge >= 0.3 is 0 Å². The number of rotatable bonds is 6. The zero-order chi connectivity index (χ0) is 20.9. The van der Waals surface area contributed by atoms with Crippen LogP contribution in [0.15, 0.2) is 60.1 Å². The van der Waals surface area contributed by atoms with E-state index in [1.807, 2.05) is 35.7 Å². The number of halogens is 2. The predicted octanol–water partition coefficient (Wildman–Crippen LogP) is 4.80. The maximum atomic E-state index is 13.5. The molecule has 0 spiro atoms. The third-order valence-electron chi connectivity index (χ3n) is 5.53. The molecule has 0 saturated carbocycles. The van der Waals surface area contributed by atoms with Gasteiger partial charge in [0, 0.05) is 12.7 Å². The van der Waals surface area contributed by atoms with Gasteiger partial charge in [-0.3, -0.25) is 14.7 Å². The van der Waals surface area contributed by atoms with E-state index in [1.54, 1.807) is 12.3 Å². The molecule has 1 fully saturated rings. The zero-order valence-corrected chi connectivity index (χ0v) is 17.2. The number of likely N-dealkylation sites (tertiary alicyclic amines) is 1. The lowest BCUT2D eigenvalue weighted by atomic mass is 9.87. The molecule has 1 amide bonds. The average molecular weight is 428 g/mol. The first-order valence-corrected chi connectivity index (χ1v) is 10.9. The number of hydrogen-bond donors (Lipinski definition) is 1. The summed E-state index contributed by atoms with van der Waals surface area (Å²) >= 11 is 1.42. The van der Waals surface area contributed by atoms with Gasteiger partial charge in [0.1, 0.15) is 0 Å². The number of carbonyl (C=O) groups excluding carboxylic acids is 1. The van der Waals surface area contributed by atoms with Crippen molar-refractivity contribution < 1.29 is 13.6 Å². The molecular formula is C23H23F2N3OS. The largest absolute Gasteiger partial charge is 0.343 e. The van der Waals surface area contributed by atoms with E-state index >= 15 is 0 Å². The van der Waals surface area contributed by atoms with Gasteiger partial charge in [0.25, 0.3) is 5.91 Å². The van der Waals surface area contributed by atoms with Gasteiger partial charge in [0.15, 0.2) is 11.6 Å². The van der Waals surface area contributed by atoms with Gasteiger partial charge in [-0.05, 0) is 73.1 Å². The summed E-state index contributed by atoms with van der Waals surface area (Å²) < 4.78 is 26.6. The van der Waals surface area contributed by atoms with Crippen LogP contribution < -0.4 is 5.32 Å².